The number of fused-ring (bicyclic) bond motifs is 1. The van der Waals surface area contributed by atoms with Gasteiger partial charge in [0, 0.05) is 31.7 Å². The van der Waals surface area contributed by atoms with Gasteiger partial charge in [-0.25, -0.2) is 8.42 Å². The average molecular weight is 487 g/mol. The van der Waals surface area contributed by atoms with Crippen molar-refractivity contribution < 1.29 is 27.4 Å². The summed E-state index contributed by atoms with van der Waals surface area (Å²) in [6.45, 7) is 4.07. The Hall–Kier alpha value is -2.62. The fourth-order valence-corrected chi connectivity index (χ4v) is 6.72. The summed E-state index contributed by atoms with van der Waals surface area (Å²) in [6, 6.07) is 12.0. The molecule has 0 aromatic heterocycles. The third-order valence-corrected chi connectivity index (χ3v) is 9.09. The van der Waals surface area contributed by atoms with Crippen LogP contribution in [0.1, 0.15) is 36.8 Å². The van der Waals surface area contributed by atoms with Gasteiger partial charge in [0.2, 0.25) is 22.7 Å². The smallest absolute Gasteiger partial charge is 0.243 e. The number of sulfonamides is 1. The molecule has 0 bridgehead atoms. The number of rotatable bonds is 6. The van der Waals surface area contributed by atoms with E-state index in [0.717, 1.165) is 29.7 Å². The Morgan fingerprint density at radius 2 is 1.82 bits per heavy atom. The SMILES string of the molecule is Cc1ccc(S(=O)(=O)N2CCC[C@H]2C(=O)NCC2(c3ccc4c(c3)OCO4)CCOCC2)cc1. The van der Waals surface area contributed by atoms with E-state index >= 15 is 0 Å². The summed E-state index contributed by atoms with van der Waals surface area (Å²) >= 11 is 0. The number of benzene rings is 2. The molecule has 0 radical (unpaired) electrons. The van der Waals surface area contributed by atoms with Crippen molar-refractivity contribution in [3.05, 3.63) is 53.6 Å². The third kappa shape index (κ3) is 4.28. The molecule has 2 saturated heterocycles. The second-order valence-electron chi connectivity index (χ2n) is 9.27. The number of hydrogen-bond acceptors (Lipinski definition) is 6. The van der Waals surface area contributed by atoms with Crippen LogP contribution in [0.2, 0.25) is 0 Å². The first-order chi connectivity index (χ1) is 16.4. The van der Waals surface area contributed by atoms with Gasteiger partial charge in [-0.1, -0.05) is 23.8 Å². The van der Waals surface area contributed by atoms with E-state index < -0.39 is 16.1 Å². The highest BCUT2D eigenvalue weighted by atomic mass is 32.2. The van der Waals surface area contributed by atoms with Crippen LogP contribution in [0.4, 0.5) is 0 Å². The molecule has 2 aromatic carbocycles. The van der Waals surface area contributed by atoms with Gasteiger partial charge >= 0.3 is 0 Å². The molecule has 9 heteroatoms. The zero-order chi connectivity index (χ0) is 23.8. The van der Waals surface area contributed by atoms with Gasteiger partial charge in [0.1, 0.15) is 6.04 Å². The lowest BCUT2D eigenvalue weighted by Gasteiger charge is -2.38. The summed E-state index contributed by atoms with van der Waals surface area (Å²) in [4.78, 5) is 13.5. The monoisotopic (exact) mass is 486 g/mol. The normalized spacial score (nSPS) is 22.0. The van der Waals surface area contributed by atoms with Crippen LogP contribution in [-0.4, -0.2) is 57.8 Å². The van der Waals surface area contributed by atoms with Crippen LogP contribution >= 0.6 is 0 Å². The molecule has 1 atom stereocenters. The molecule has 5 rings (SSSR count). The van der Waals surface area contributed by atoms with Gasteiger partial charge in [-0.2, -0.15) is 4.31 Å². The van der Waals surface area contributed by atoms with E-state index in [1.165, 1.54) is 4.31 Å². The summed E-state index contributed by atoms with van der Waals surface area (Å²) in [7, 11) is -3.74. The van der Waals surface area contributed by atoms with Crippen molar-refractivity contribution in [3.63, 3.8) is 0 Å². The number of nitrogens with zero attached hydrogens (tertiary/aromatic N) is 1. The molecular weight excluding hydrogens is 456 g/mol. The molecule has 2 aromatic rings. The van der Waals surface area contributed by atoms with E-state index in [1.807, 2.05) is 25.1 Å². The number of amides is 1. The van der Waals surface area contributed by atoms with Crippen molar-refractivity contribution >= 4 is 15.9 Å². The molecule has 3 heterocycles. The lowest BCUT2D eigenvalue weighted by atomic mass is 9.74. The average Bonchev–Trinajstić information content (AvgIpc) is 3.53. The van der Waals surface area contributed by atoms with E-state index in [4.69, 9.17) is 14.2 Å². The summed E-state index contributed by atoms with van der Waals surface area (Å²) < 4.78 is 44.5. The van der Waals surface area contributed by atoms with E-state index in [1.54, 1.807) is 24.3 Å². The molecular formula is C25H30N2O6S. The topological polar surface area (TPSA) is 94.2 Å². The van der Waals surface area contributed by atoms with Crippen LogP contribution < -0.4 is 14.8 Å². The Labute approximate surface area is 200 Å². The Morgan fingerprint density at radius 1 is 1.09 bits per heavy atom. The van der Waals surface area contributed by atoms with Gasteiger partial charge < -0.3 is 19.5 Å². The Bertz CT molecular complexity index is 1160. The molecule has 8 nitrogen and oxygen atoms in total. The van der Waals surface area contributed by atoms with Gasteiger partial charge in [-0.3, -0.25) is 4.79 Å². The van der Waals surface area contributed by atoms with Gasteiger partial charge in [-0.15, -0.1) is 0 Å². The fourth-order valence-electron chi connectivity index (χ4n) is 5.07. The van der Waals surface area contributed by atoms with Crippen molar-refractivity contribution in [1.82, 2.24) is 9.62 Å². The number of hydrogen-bond donors (Lipinski definition) is 1. The Balaban J connectivity index is 1.34. The maximum absolute atomic E-state index is 13.3. The van der Waals surface area contributed by atoms with Crippen LogP contribution in [0.5, 0.6) is 11.5 Å². The largest absolute Gasteiger partial charge is 0.454 e. The number of aryl methyl sites for hydroxylation is 1. The quantitative estimate of drug-likeness (QED) is 0.675. The lowest BCUT2D eigenvalue weighted by Crippen LogP contribution is -2.50. The van der Waals surface area contributed by atoms with Gasteiger partial charge in [0.05, 0.1) is 4.90 Å². The minimum Gasteiger partial charge on any atom is -0.454 e. The van der Waals surface area contributed by atoms with Crippen LogP contribution in [0, 0.1) is 6.92 Å². The number of ether oxygens (including phenoxy) is 3. The lowest BCUT2D eigenvalue weighted by molar-refractivity contribution is -0.124. The maximum atomic E-state index is 13.3. The highest BCUT2D eigenvalue weighted by Gasteiger charge is 2.41. The van der Waals surface area contributed by atoms with Crippen molar-refractivity contribution in [2.24, 2.45) is 0 Å². The van der Waals surface area contributed by atoms with Crippen LogP contribution in [0.25, 0.3) is 0 Å². The summed E-state index contributed by atoms with van der Waals surface area (Å²) in [5.74, 6) is 1.18. The zero-order valence-corrected chi connectivity index (χ0v) is 20.1. The fraction of sp³-hybridized carbons (Fsp3) is 0.480. The predicted molar refractivity (Wildman–Crippen MR) is 125 cm³/mol. The molecule has 3 aliphatic rings. The zero-order valence-electron chi connectivity index (χ0n) is 19.3. The van der Waals surface area contributed by atoms with E-state index in [2.05, 4.69) is 5.32 Å². The molecule has 1 N–H and O–H groups in total. The summed E-state index contributed by atoms with van der Waals surface area (Å²) in [5, 5.41) is 3.09. The second kappa shape index (κ2) is 9.20. The van der Waals surface area contributed by atoms with Gasteiger partial charge in [-0.05, 0) is 62.4 Å². The molecule has 0 saturated carbocycles. The molecule has 0 spiro atoms. The van der Waals surface area contributed by atoms with E-state index in [9.17, 15) is 13.2 Å². The van der Waals surface area contributed by atoms with Gasteiger partial charge in [0.15, 0.2) is 11.5 Å². The second-order valence-corrected chi connectivity index (χ2v) is 11.2. The molecule has 3 aliphatic heterocycles. The first-order valence-electron chi connectivity index (χ1n) is 11.7. The molecule has 34 heavy (non-hydrogen) atoms. The predicted octanol–water partition coefficient (Wildman–Crippen LogP) is 2.74. The standard InChI is InChI=1S/C25H30N2O6S/c1-18-4-7-20(8-5-18)34(29,30)27-12-2-3-21(27)24(28)26-16-25(10-13-31-14-11-25)19-6-9-22-23(15-19)33-17-32-22/h4-9,15,21H,2-3,10-14,16-17H2,1H3,(H,26,28)/t21-/m0/s1. The van der Waals surface area contributed by atoms with Crippen LogP contribution in [0.15, 0.2) is 47.4 Å². The minimum atomic E-state index is -3.74. The first-order valence-corrected chi connectivity index (χ1v) is 13.2. The van der Waals surface area contributed by atoms with Crippen molar-refractivity contribution in [1.29, 1.82) is 0 Å². The van der Waals surface area contributed by atoms with Crippen molar-refractivity contribution in [2.45, 2.75) is 49.0 Å². The first kappa shape index (κ1) is 23.1. The maximum Gasteiger partial charge on any atom is 0.243 e. The molecule has 1 amide bonds. The van der Waals surface area contributed by atoms with Gasteiger partial charge in [0.25, 0.3) is 0 Å². The van der Waals surface area contributed by atoms with E-state index in [0.29, 0.717) is 44.9 Å². The highest BCUT2D eigenvalue weighted by Crippen LogP contribution is 2.40. The number of nitrogens with one attached hydrogen (secondary N) is 1. The third-order valence-electron chi connectivity index (χ3n) is 7.17. The Morgan fingerprint density at radius 3 is 2.59 bits per heavy atom. The minimum absolute atomic E-state index is 0.207. The molecule has 0 unspecified atom stereocenters. The molecule has 0 aliphatic carbocycles. The van der Waals surface area contributed by atoms with Crippen LogP contribution in [-0.2, 0) is 25.0 Å². The molecule has 2 fully saturated rings. The van der Waals surface area contributed by atoms with Crippen molar-refractivity contribution in [2.75, 3.05) is 33.1 Å². The molecule has 182 valence electrons. The summed E-state index contributed by atoms with van der Waals surface area (Å²) in [5.41, 5.74) is 1.74. The summed E-state index contributed by atoms with van der Waals surface area (Å²) in [6.07, 6.45) is 2.67. The van der Waals surface area contributed by atoms with E-state index in [-0.39, 0.29) is 23.0 Å². The highest BCUT2D eigenvalue weighted by molar-refractivity contribution is 7.89. The number of carbonyl (C=O) groups excluding carboxylic acids is 1. The Kier molecular flexibility index (Phi) is 6.26. The number of carbonyl (C=O) groups is 1. The van der Waals surface area contributed by atoms with Crippen LogP contribution in [0.3, 0.4) is 0 Å². The van der Waals surface area contributed by atoms with Crippen molar-refractivity contribution in [3.8, 4) is 11.5 Å².